The maximum absolute atomic E-state index is 11.9. The number of aromatic amines is 1. The Labute approximate surface area is 88.9 Å². The highest BCUT2D eigenvalue weighted by Crippen LogP contribution is 2.18. The number of piperidine rings is 1. The number of hydrogen-bond acceptors (Lipinski definition) is 2. The Morgan fingerprint density at radius 3 is 3.07 bits per heavy atom. The van der Waals surface area contributed by atoms with Crippen LogP contribution in [0.4, 0.5) is 0 Å². The van der Waals surface area contributed by atoms with Gasteiger partial charge in [0.2, 0.25) is 0 Å². The van der Waals surface area contributed by atoms with Gasteiger partial charge in [0.15, 0.2) is 0 Å². The van der Waals surface area contributed by atoms with E-state index < -0.39 is 0 Å². The summed E-state index contributed by atoms with van der Waals surface area (Å²) in [7, 11) is 0. The van der Waals surface area contributed by atoms with Crippen LogP contribution in [0.25, 0.3) is 0 Å². The molecule has 0 spiro atoms. The largest absolute Gasteiger partial charge is 0.393 e. The number of amides is 1. The van der Waals surface area contributed by atoms with E-state index in [1.807, 2.05) is 6.92 Å². The third kappa shape index (κ3) is 2.04. The van der Waals surface area contributed by atoms with Gasteiger partial charge in [-0.05, 0) is 18.4 Å². The van der Waals surface area contributed by atoms with Gasteiger partial charge in [-0.25, -0.2) is 0 Å². The van der Waals surface area contributed by atoms with E-state index >= 15 is 0 Å². The van der Waals surface area contributed by atoms with Gasteiger partial charge in [0.05, 0.1) is 11.7 Å². The van der Waals surface area contributed by atoms with Gasteiger partial charge in [-0.1, -0.05) is 6.92 Å². The molecular formula is C11H16N2O2. The quantitative estimate of drug-likeness (QED) is 0.719. The minimum absolute atomic E-state index is 0.0509. The molecule has 1 aromatic rings. The van der Waals surface area contributed by atoms with Crippen molar-refractivity contribution in [2.24, 2.45) is 5.92 Å². The fourth-order valence-electron chi connectivity index (χ4n) is 1.96. The number of nitrogens with zero attached hydrogens (tertiary/aromatic N) is 1. The second-order valence-corrected chi connectivity index (χ2v) is 4.18. The van der Waals surface area contributed by atoms with Crippen LogP contribution in [-0.2, 0) is 0 Å². The number of nitrogens with one attached hydrogen (secondary N) is 1. The highest BCUT2D eigenvalue weighted by atomic mass is 16.3. The lowest BCUT2D eigenvalue weighted by Gasteiger charge is -2.34. The topological polar surface area (TPSA) is 56.3 Å². The molecule has 1 aliphatic rings. The molecule has 0 saturated carbocycles. The minimum Gasteiger partial charge on any atom is -0.393 e. The van der Waals surface area contributed by atoms with Gasteiger partial charge in [0.25, 0.3) is 5.91 Å². The van der Waals surface area contributed by atoms with Gasteiger partial charge in [0.1, 0.15) is 0 Å². The third-order valence-electron chi connectivity index (χ3n) is 2.99. The summed E-state index contributed by atoms with van der Waals surface area (Å²) in [5.41, 5.74) is 0.693. The van der Waals surface area contributed by atoms with Crippen molar-refractivity contribution in [3.8, 4) is 0 Å². The number of aliphatic hydroxyl groups excluding tert-OH is 1. The second kappa shape index (κ2) is 4.06. The number of carbonyl (C=O) groups is 1. The van der Waals surface area contributed by atoms with E-state index in [0.717, 1.165) is 0 Å². The van der Waals surface area contributed by atoms with E-state index in [1.165, 1.54) is 0 Å². The molecule has 2 unspecified atom stereocenters. The molecule has 15 heavy (non-hydrogen) atoms. The third-order valence-corrected chi connectivity index (χ3v) is 2.99. The van der Waals surface area contributed by atoms with E-state index in [4.69, 9.17) is 0 Å². The van der Waals surface area contributed by atoms with Crippen LogP contribution in [0.15, 0.2) is 18.5 Å². The molecule has 2 N–H and O–H groups in total. The molecular weight excluding hydrogens is 192 g/mol. The lowest BCUT2D eigenvalue weighted by atomic mass is 9.96. The summed E-state index contributed by atoms with van der Waals surface area (Å²) >= 11 is 0. The van der Waals surface area contributed by atoms with Crippen molar-refractivity contribution in [2.75, 3.05) is 13.1 Å². The number of aliphatic hydroxyl groups is 1. The molecule has 4 nitrogen and oxygen atoms in total. The zero-order valence-corrected chi connectivity index (χ0v) is 8.81. The molecule has 1 amide bonds. The van der Waals surface area contributed by atoms with E-state index in [9.17, 15) is 9.90 Å². The molecule has 0 bridgehead atoms. The second-order valence-electron chi connectivity index (χ2n) is 4.18. The predicted octanol–water partition coefficient (Wildman–Crippen LogP) is 0.858. The average Bonchev–Trinajstić information content (AvgIpc) is 2.74. The highest BCUT2D eigenvalue weighted by Gasteiger charge is 2.27. The van der Waals surface area contributed by atoms with Gasteiger partial charge in [0, 0.05) is 25.5 Å². The Bertz CT molecular complexity index is 334. The van der Waals surface area contributed by atoms with Crippen molar-refractivity contribution in [1.82, 2.24) is 9.88 Å². The molecule has 0 radical (unpaired) electrons. The molecule has 2 heterocycles. The van der Waals surface area contributed by atoms with Crippen molar-refractivity contribution in [1.29, 1.82) is 0 Å². The van der Waals surface area contributed by atoms with E-state index in [-0.39, 0.29) is 17.9 Å². The first-order valence-electron chi connectivity index (χ1n) is 5.28. The molecule has 1 aromatic heterocycles. The van der Waals surface area contributed by atoms with Crippen LogP contribution in [0, 0.1) is 5.92 Å². The first-order valence-corrected chi connectivity index (χ1v) is 5.28. The highest BCUT2D eigenvalue weighted by molar-refractivity contribution is 5.94. The summed E-state index contributed by atoms with van der Waals surface area (Å²) in [6.07, 6.45) is 3.87. The summed E-state index contributed by atoms with van der Waals surface area (Å²) in [5.74, 6) is 0.219. The number of carbonyl (C=O) groups excluding carboxylic acids is 1. The number of hydrogen-bond donors (Lipinski definition) is 2. The number of rotatable bonds is 1. The molecule has 1 fully saturated rings. The first kappa shape index (κ1) is 10.2. The van der Waals surface area contributed by atoms with Gasteiger partial charge in [-0.2, -0.15) is 0 Å². The van der Waals surface area contributed by atoms with E-state index in [2.05, 4.69) is 4.98 Å². The average molecular weight is 208 g/mol. The van der Waals surface area contributed by atoms with Crippen LogP contribution in [0.5, 0.6) is 0 Å². The maximum Gasteiger partial charge on any atom is 0.255 e. The molecule has 82 valence electrons. The Morgan fingerprint density at radius 2 is 2.47 bits per heavy atom. The minimum atomic E-state index is -0.264. The van der Waals surface area contributed by atoms with Crippen LogP contribution in [0.2, 0.25) is 0 Å². The molecule has 0 aliphatic carbocycles. The molecule has 0 aromatic carbocycles. The number of likely N-dealkylation sites (tertiary alicyclic amines) is 1. The molecule has 2 atom stereocenters. The summed E-state index contributed by atoms with van der Waals surface area (Å²) in [4.78, 5) is 16.6. The molecule has 4 heteroatoms. The monoisotopic (exact) mass is 208 g/mol. The van der Waals surface area contributed by atoms with Crippen LogP contribution in [-0.4, -0.2) is 40.1 Å². The SMILES string of the molecule is CC1CN(C(=O)c2cc[nH]c2)CCC1O. The predicted molar refractivity (Wildman–Crippen MR) is 56.5 cm³/mol. The molecule has 2 rings (SSSR count). The van der Waals surface area contributed by atoms with E-state index in [0.29, 0.717) is 25.1 Å². The summed E-state index contributed by atoms with van der Waals surface area (Å²) in [6, 6.07) is 1.78. The summed E-state index contributed by atoms with van der Waals surface area (Å²) < 4.78 is 0. The zero-order valence-electron chi connectivity index (χ0n) is 8.81. The van der Waals surface area contributed by atoms with Crippen molar-refractivity contribution >= 4 is 5.91 Å². The standard InChI is InChI=1S/C11H16N2O2/c1-8-7-13(5-3-10(8)14)11(15)9-2-4-12-6-9/h2,4,6,8,10,12,14H,3,5,7H2,1H3. The lowest BCUT2D eigenvalue weighted by molar-refractivity contribution is 0.0298. The van der Waals surface area contributed by atoms with Gasteiger partial charge in [-0.3, -0.25) is 4.79 Å². The normalized spacial score (nSPS) is 26.7. The Balaban J connectivity index is 2.03. The van der Waals surface area contributed by atoms with E-state index in [1.54, 1.807) is 23.4 Å². The molecule has 1 saturated heterocycles. The Hall–Kier alpha value is -1.29. The Kier molecular flexibility index (Phi) is 2.77. The Morgan fingerprint density at radius 1 is 1.67 bits per heavy atom. The van der Waals surface area contributed by atoms with Gasteiger partial charge < -0.3 is 15.0 Å². The number of H-pyrrole nitrogens is 1. The maximum atomic E-state index is 11.9. The summed E-state index contributed by atoms with van der Waals surface area (Å²) in [5, 5.41) is 9.56. The summed E-state index contributed by atoms with van der Waals surface area (Å²) in [6.45, 7) is 3.27. The van der Waals surface area contributed by atoms with Crippen molar-refractivity contribution in [3.63, 3.8) is 0 Å². The van der Waals surface area contributed by atoms with Crippen molar-refractivity contribution < 1.29 is 9.90 Å². The van der Waals surface area contributed by atoms with Crippen LogP contribution >= 0.6 is 0 Å². The zero-order chi connectivity index (χ0) is 10.8. The van der Waals surface area contributed by atoms with Crippen LogP contribution in [0.1, 0.15) is 23.7 Å². The van der Waals surface area contributed by atoms with Gasteiger partial charge in [-0.15, -0.1) is 0 Å². The lowest BCUT2D eigenvalue weighted by Crippen LogP contribution is -2.44. The van der Waals surface area contributed by atoms with Crippen molar-refractivity contribution in [3.05, 3.63) is 24.0 Å². The van der Waals surface area contributed by atoms with Gasteiger partial charge >= 0.3 is 0 Å². The number of aromatic nitrogens is 1. The fourth-order valence-corrected chi connectivity index (χ4v) is 1.96. The smallest absolute Gasteiger partial charge is 0.255 e. The van der Waals surface area contributed by atoms with Crippen LogP contribution in [0.3, 0.4) is 0 Å². The first-order chi connectivity index (χ1) is 7.18. The molecule has 1 aliphatic heterocycles. The van der Waals surface area contributed by atoms with Crippen LogP contribution < -0.4 is 0 Å². The fraction of sp³-hybridized carbons (Fsp3) is 0.545. The van der Waals surface area contributed by atoms with Crippen molar-refractivity contribution in [2.45, 2.75) is 19.4 Å².